The Hall–Kier alpha value is -1.77. The smallest absolute Gasteiger partial charge is 0.380 e. The third-order valence-electron chi connectivity index (χ3n) is 1.24. The van der Waals surface area contributed by atoms with E-state index in [4.69, 9.17) is 11.5 Å². The van der Waals surface area contributed by atoms with Crippen LogP contribution in [0.25, 0.3) is 0 Å². The fourth-order valence-corrected chi connectivity index (χ4v) is 1.52. The first-order chi connectivity index (χ1) is 5.98. The van der Waals surface area contributed by atoms with Crippen LogP contribution in [-0.4, -0.2) is 18.4 Å². The van der Waals surface area contributed by atoms with Crippen LogP contribution >= 0.6 is 0 Å². The van der Waals surface area contributed by atoms with Crippen molar-refractivity contribution in [2.45, 2.75) is 0 Å². The van der Waals surface area contributed by atoms with Crippen molar-refractivity contribution in [2.75, 3.05) is 11.5 Å². The van der Waals surface area contributed by atoms with Gasteiger partial charge in [-0.05, 0) is 0 Å². The van der Waals surface area contributed by atoms with Gasteiger partial charge in [-0.2, -0.15) is 9.97 Å². The summed E-state index contributed by atoms with van der Waals surface area (Å²) in [5.74, 6) is -0.875. The summed E-state index contributed by atoms with van der Waals surface area (Å²) in [6, 6.07) is 0. The maximum Gasteiger partial charge on any atom is 0.503 e. The lowest BCUT2D eigenvalue weighted by molar-refractivity contribution is 0.434. The highest BCUT2D eigenvalue weighted by molar-refractivity contribution is 7.82. The van der Waals surface area contributed by atoms with Crippen molar-refractivity contribution < 1.29 is 16.8 Å². The molecule has 13 heavy (non-hydrogen) atoms. The number of aromatic nitrogens is 2. The molecule has 0 amide bonds. The molecule has 1 aromatic rings. The van der Waals surface area contributed by atoms with Crippen molar-refractivity contribution in [3.8, 4) is 11.6 Å². The van der Waals surface area contributed by atoms with Crippen LogP contribution in [0.2, 0.25) is 0 Å². The van der Waals surface area contributed by atoms with Crippen LogP contribution in [0.15, 0.2) is 0 Å². The molecule has 0 unspecified atom stereocenters. The molecule has 0 aromatic carbocycles. The minimum Gasteiger partial charge on any atom is -0.380 e. The molecule has 4 N–H and O–H groups in total. The highest BCUT2D eigenvalue weighted by Gasteiger charge is 2.33. The fraction of sp³-hybridized carbons (Fsp3) is 0. The molecule has 9 heteroatoms. The maximum absolute atomic E-state index is 10.7. The molecule has 2 heterocycles. The van der Waals surface area contributed by atoms with Gasteiger partial charge >= 0.3 is 10.4 Å². The van der Waals surface area contributed by atoms with Gasteiger partial charge in [-0.15, -0.1) is 8.42 Å². The van der Waals surface area contributed by atoms with E-state index >= 15 is 0 Å². The zero-order valence-corrected chi connectivity index (χ0v) is 6.91. The second-order valence-corrected chi connectivity index (χ2v) is 3.33. The maximum atomic E-state index is 10.7. The molecule has 1 aromatic heterocycles. The number of hydrogen-bond donors (Lipinski definition) is 2. The Morgan fingerprint density at radius 1 is 1.15 bits per heavy atom. The standard InChI is InChI=1S/C4H4N4O4S/c5-2-1-3(8-4(6)7-2)12-13(9,10)11-1/h(H4,5,6,7,8). The van der Waals surface area contributed by atoms with Crippen LogP contribution in [0.3, 0.4) is 0 Å². The molecule has 0 aliphatic carbocycles. The molecule has 8 nitrogen and oxygen atoms in total. The predicted molar refractivity (Wildman–Crippen MR) is 41.0 cm³/mol. The number of fused-ring (bicyclic) bond motifs is 1. The van der Waals surface area contributed by atoms with Gasteiger partial charge in [-0.25, -0.2) is 0 Å². The molecule has 0 saturated heterocycles. The minimum atomic E-state index is -4.08. The summed E-state index contributed by atoms with van der Waals surface area (Å²) in [4.78, 5) is 6.96. The summed E-state index contributed by atoms with van der Waals surface area (Å²) in [6.07, 6.45) is 0. The second kappa shape index (κ2) is 2.13. The van der Waals surface area contributed by atoms with Crippen LogP contribution in [0.4, 0.5) is 11.8 Å². The summed E-state index contributed by atoms with van der Waals surface area (Å²) in [5.41, 5.74) is 10.5. The van der Waals surface area contributed by atoms with Gasteiger partial charge in [0.15, 0.2) is 5.82 Å². The quantitative estimate of drug-likeness (QED) is 0.530. The van der Waals surface area contributed by atoms with Gasteiger partial charge in [0.25, 0.3) is 11.6 Å². The number of nitrogens with two attached hydrogens (primary N) is 2. The SMILES string of the molecule is Nc1nc(N)c2c(n1)OS(=O)(=O)O2. The van der Waals surface area contributed by atoms with Gasteiger partial charge < -0.3 is 19.8 Å². The van der Waals surface area contributed by atoms with Gasteiger partial charge in [-0.1, -0.05) is 0 Å². The zero-order chi connectivity index (χ0) is 9.64. The first kappa shape index (κ1) is 7.86. The number of hydrogen-bond acceptors (Lipinski definition) is 8. The lowest BCUT2D eigenvalue weighted by Crippen LogP contribution is -2.08. The molecular weight excluding hydrogens is 200 g/mol. The lowest BCUT2D eigenvalue weighted by Gasteiger charge is -1.96. The van der Waals surface area contributed by atoms with E-state index in [1.807, 2.05) is 0 Å². The molecule has 0 radical (unpaired) electrons. The van der Waals surface area contributed by atoms with Crippen LogP contribution < -0.4 is 19.8 Å². The van der Waals surface area contributed by atoms with Gasteiger partial charge in [0.2, 0.25) is 5.95 Å². The predicted octanol–water partition coefficient (Wildman–Crippen LogP) is -1.34. The van der Waals surface area contributed by atoms with Crippen molar-refractivity contribution in [1.29, 1.82) is 0 Å². The molecule has 0 bridgehead atoms. The largest absolute Gasteiger partial charge is 0.503 e. The Morgan fingerprint density at radius 3 is 2.54 bits per heavy atom. The minimum absolute atomic E-state index is 0.177. The van der Waals surface area contributed by atoms with Crippen molar-refractivity contribution >= 4 is 22.2 Å². The van der Waals surface area contributed by atoms with E-state index in [2.05, 4.69) is 18.3 Å². The summed E-state index contributed by atoms with van der Waals surface area (Å²) >= 11 is 0. The third-order valence-corrected chi connectivity index (χ3v) is 1.98. The van der Waals surface area contributed by atoms with E-state index in [9.17, 15) is 8.42 Å². The Bertz CT molecular complexity index is 469. The van der Waals surface area contributed by atoms with Gasteiger partial charge in [0, 0.05) is 0 Å². The van der Waals surface area contributed by atoms with E-state index in [0.717, 1.165) is 0 Å². The van der Waals surface area contributed by atoms with Crippen LogP contribution in [0.5, 0.6) is 11.6 Å². The number of nitrogen functional groups attached to an aromatic ring is 2. The van der Waals surface area contributed by atoms with Crippen molar-refractivity contribution in [3.05, 3.63) is 0 Å². The zero-order valence-electron chi connectivity index (χ0n) is 6.09. The number of rotatable bonds is 0. The average Bonchev–Trinajstić information content (AvgIpc) is 2.23. The molecule has 1 aliphatic heterocycles. The topological polar surface area (TPSA) is 130 Å². The summed E-state index contributed by atoms with van der Waals surface area (Å²) in [5, 5.41) is 0. The molecule has 0 atom stereocenters. The number of anilines is 2. The summed E-state index contributed by atoms with van der Waals surface area (Å²) in [7, 11) is -4.08. The summed E-state index contributed by atoms with van der Waals surface area (Å²) in [6.45, 7) is 0. The van der Waals surface area contributed by atoms with E-state index in [0.29, 0.717) is 0 Å². The van der Waals surface area contributed by atoms with Gasteiger partial charge in [-0.3, -0.25) is 0 Å². The Kier molecular flexibility index (Phi) is 1.29. The number of nitrogens with zero attached hydrogens (tertiary/aromatic N) is 2. The van der Waals surface area contributed by atoms with Gasteiger partial charge in [0.1, 0.15) is 0 Å². The molecule has 70 valence electrons. The highest BCUT2D eigenvalue weighted by Crippen LogP contribution is 2.37. The van der Waals surface area contributed by atoms with E-state index in [1.165, 1.54) is 0 Å². The van der Waals surface area contributed by atoms with Crippen LogP contribution in [0, 0.1) is 0 Å². The average molecular weight is 204 g/mol. The Morgan fingerprint density at radius 2 is 1.85 bits per heavy atom. The second-order valence-electron chi connectivity index (χ2n) is 2.18. The third kappa shape index (κ3) is 1.18. The normalized spacial score (nSPS) is 17.2. The molecular formula is C4H4N4O4S. The highest BCUT2D eigenvalue weighted by atomic mass is 32.3. The fourth-order valence-electron chi connectivity index (χ4n) is 0.814. The van der Waals surface area contributed by atoms with E-state index < -0.39 is 10.4 Å². The van der Waals surface area contributed by atoms with Crippen LogP contribution in [-0.2, 0) is 10.4 Å². The van der Waals surface area contributed by atoms with Crippen molar-refractivity contribution in [3.63, 3.8) is 0 Å². The molecule has 0 saturated carbocycles. The van der Waals surface area contributed by atoms with E-state index in [1.54, 1.807) is 0 Å². The van der Waals surface area contributed by atoms with Gasteiger partial charge in [0.05, 0.1) is 0 Å². The Balaban J connectivity index is 2.64. The monoisotopic (exact) mass is 204 g/mol. The first-order valence-corrected chi connectivity index (χ1v) is 4.38. The molecule has 2 rings (SSSR count). The van der Waals surface area contributed by atoms with Crippen molar-refractivity contribution in [2.24, 2.45) is 0 Å². The summed E-state index contributed by atoms with van der Waals surface area (Å²) < 4.78 is 30.1. The van der Waals surface area contributed by atoms with E-state index in [-0.39, 0.29) is 23.4 Å². The Labute approximate surface area is 72.8 Å². The lowest BCUT2D eigenvalue weighted by atomic mass is 10.5. The first-order valence-electron chi connectivity index (χ1n) is 3.05. The van der Waals surface area contributed by atoms with Crippen molar-refractivity contribution in [1.82, 2.24) is 9.97 Å². The molecule has 1 aliphatic rings. The molecule has 0 fully saturated rings. The molecule has 0 spiro atoms. The van der Waals surface area contributed by atoms with Crippen LogP contribution in [0.1, 0.15) is 0 Å².